The minimum absolute atomic E-state index is 0. The standard InChI is InChI=1S/C17H37NO5Si4.C8H14Cl2O2Si.C5H10ClNSi.C3H9ClSi.C2H6.H2O/c1-16(2)17(19)20-13-11-15-27(22-25(4,5)6,23-26(7,8)9)21-24(3)14-10-12-18;1-7(2)8(11)12-5-4-6-13(3,9)10;1-8(2,6)5-3-4-7;1-5(2,3)4;1-2;/h24H,1,10-11,13-15H2,2-9H3;1,4-6H2,2-3H3;3,5H2,1-2H3;1-3H3;1-2H3;1H2. The molecule has 0 saturated carbocycles. The summed E-state index contributed by atoms with van der Waals surface area (Å²) in [5.41, 5.74) is 0.806. The van der Waals surface area contributed by atoms with E-state index in [-0.39, 0.29) is 17.4 Å². The monoisotopic (exact) mass is 990 g/mol. The largest absolute Gasteiger partial charge is 0.469 e. The fraction of sp³-hybridized carbons (Fsp3) is 0.771. The first kappa shape index (κ1) is 67.7. The maximum absolute atomic E-state index is 11.6. The van der Waals surface area contributed by atoms with E-state index in [0.29, 0.717) is 49.7 Å². The van der Waals surface area contributed by atoms with Crippen LogP contribution in [0.15, 0.2) is 24.3 Å². The number of esters is 2. The summed E-state index contributed by atoms with van der Waals surface area (Å²) in [5, 5.41) is 17.0. The first-order valence-corrected chi connectivity index (χ1v) is 43.5. The molecule has 0 aliphatic carbocycles. The van der Waals surface area contributed by atoms with Crippen LogP contribution >= 0.6 is 44.3 Å². The number of nitrogens with zero attached hydrogens (tertiary/aromatic N) is 2. The third kappa shape index (κ3) is 60.6. The summed E-state index contributed by atoms with van der Waals surface area (Å²) in [6.45, 7) is 40.1. The van der Waals surface area contributed by atoms with E-state index < -0.39 is 55.9 Å². The number of carbonyl (C=O) groups excluding carboxylic acids is 2. The Bertz CT molecular complexity index is 1150. The summed E-state index contributed by atoms with van der Waals surface area (Å²) in [6, 6.07) is 7.31. The number of halogens is 4. The summed E-state index contributed by atoms with van der Waals surface area (Å²) in [4.78, 5) is 22.5. The molecule has 0 aromatic rings. The van der Waals surface area contributed by atoms with Gasteiger partial charge < -0.3 is 27.3 Å². The van der Waals surface area contributed by atoms with Crippen LogP contribution in [0.3, 0.4) is 0 Å². The molecule has 0 aliphatic heterocycles. The van der Waals surface area contributed by atoms with Crippen LogP contribution in [0.5, 0.6) is 0 Å². The molecule has 0 aliphatic rings. The Morgan fingerprint density at radius 1 is 0.661 bits per heavy atom. The zero-order valence-electron chi connectivity index (χ0n) is 37.8. The summed E-state index contributed by atoms with van der Waals surface area (Å²) >= 11 is 23.3. The third-order valence-electron chi connectivity index (χ3n) is 5.35. The van der Waals surface area contributed by atoms with Crippen molar-refractivity contribution >= 4 is 112 Å². The Hall–Kier alpha value is -0.0818. The highest BCUT2D eigenvalue weighted by molar-refractivity contribution is 7.44. The second kappa shape index (κ2) is 34.6. The van der Waals surface area contributed by atoms with E-state index >= 15 is 0 Å². The van der Waals surface area contributed by atoms with Gasteiger partial charge in [-0.25, -0.2) is 9.59 Å². The van der Waals surface area contributed by atoms with Gasteiger partial charge in [-0.1, -0.05) is 59.7 Å². The summed E-state index contributed by atoms with van der Waals surface area (Å²) in [7, 11) is -10.9. The minimum Gasteiger partial charge on any atom is -0.462 e. The molecule has 0 amide bonds. The molecule has 0 spiro atoms. The molecule has 0 radical (unpaired) electrons. The average Bonchev–Trinajstić information content (AvgIpc) is 2.97. The van der Waals surface area contributed by atoms with Crippen molar-refractivity contribution in [2.45, 2.75) is 163 Å². The molecule has 0 aromatic heterocycles. The van der Waals surface area contributed by atoms with E-state index in [2.05, 4.69) is 90.8 Å². The number of rotatable bonds is 20. The van der Waals surface area contributed by atoms with Crippen LogP contribution in [-0.2, 0) is 31.4 Å². The van der Waals surface area contributed by atoms with Crippen molar-refractivity contribution < 1.29 is 36.9 Å². The van der Waals surface area contributed by atoms with Crippen molar-refractivity contribution in [3.63, 3.8) is 0 Å². The van der Waals surface area contributed by atoms with E-state index in [9.17, 15) is 9.59 Å². The zero-order chi connectivity index (χ0) is 44.9. The molecule has 10 nitrogen and oxygen atoms in total. The lowest BCUT2D eigenvalue weighted by Crippen LogP contribution is -2.58. The smallest absolute Gasteiger partial charge is 0.462 e. The molecule has 1 unspecified atom stereocenters. The first-order chi connectivity index (χ1) is 24.6. The van der Waals surface area contributed by atoms with Crippen molar-refractivity contribution in [1.29, 1.82) is 10.5 Å². The van der Waals surface area contributed by atoms with Gasteiger partial charge in [0, 0.05) is 30.0 Å². The Kier molecular flexibility index (Phi) is 41.8. The van der Waals surface area contributed by atoms with Gasteiger partial charge in [-0.15, -0.1) is 22.2 Å². The summed E-state index contributed by atoms with van der Waals surface area (Å²) < 4.78 is 29.8. The fourth-order valence-electron chi connectivity index (χ4n) is 3.40. The van der Waals surface area contributed by atoms with Gasteiger partial charge in [0.05, 0.1) is 25.4 Å². The van der Waals surface area contributed by atoms with E-state index in [0.717, 1.165) is 24.6 Å². The predicted octanol–water partition coefficient (Wildman–Crippen LogP) is 12.1. The SMILES string of the molecule is C=C(C)C(=O)OCCC[Si](C)(Cl)Cl.C=C(C)C(=O)OCCC[Si](O[SiH](C)CCC#N)(O[Si](C)(C)C)O[Si](C)(C)C.CC.C[Si](C)(C)Cl.C[Si](C)(Cl)CCC#N.O. The van der Waals surface area contributed by atoms with Gasteiger partial charge in [0.1, 0.15) is 7.38 Å². The second-order valence-corrected chi connectivity index (χ2v) is 54.1. The highest BCUT2D eigenvalue weighted by atomic mass is 35.7. The molecular formula is C35H78Cl4N2O8Si7. The number of nitriles is 2. The Labute approximate surface area is 369 Å². The molecule has 0 fully saturated rings. The van der Waals surface area contributed by atoms with Gasteiger partial charge in [0.25, 0.3) is 0 Å². The topological polar surface area (TPSA) is 159 Å². The molecule has 0 saturated heterocycles. The van der Waals surface area contributed by atoms with Crippen LogP contribution in [0.4, 0.5) is 0 Å². The Balaban J connectivity index is -0.000000177. The third-order valence-corrected chi connectivity index (χ3v) is 22.2. The van der Waals surface area contributed by atoms with Crippen LogP contribution in [0.25, 0.3) is 0 Å². The summed E-state index contributed by atoms with van der Waals surface area (Å²) in [5.74, 6) is -0.732. The maximum Gasteiger partial charge on any atom is 0.469 e. The van der Waals surface area contributed by atoms with Gasteiger partial charge in [-0.3, -0.25) is 0 Å². The van der Waals surface area contributed by atoms with Crippen molar-refractivity contribution in [2.24, 2.45) is 0 Å². The lowest BCUT2D eigenvalue weighted by molar-refractivity contribution is -0.139. The van der Waals surface area contributed by atoms with Crippen molar-refractivity contribution in [2.75, 3.05) is 13.2 Å². The van der Waals surface area contributed by atoms with E-state index in [4.69, 9.17) is 76.7 Å². The minimum atomic E-state index is -2.92. The number of ether oxygens (including phenoxy) is 2. The predicted molar refractivity (Wildman–Crippen MR) is 260 cm³/mol. The molecule has 1 atom stereocenters. The maximum atomic E-state index is 11.6. The second-order valence-electron chi connectivity index (χ2n) is 16.3. The molecule has 0 aromatic carbocycles. The van der Waals surface area contributed by atoms with Crippen LogP contribution in [0, 0.1) is 22.7 Å². The highest BCUT2D eigenvalue weighted by Crippen LogP contribution is 2.28. The average molecular weight is 993 g/mol. The lowest BCUT2D eigenvalue weighted by Gasteiger charge is -2.41. The van der Waals surface area contributed by atoms with Gasteiger partial charge in [0.2, 0.25) is 6.69 Å². The number of hydrogen-bond donors (Lipinski definition) is 0. The van der Waals surface area contributed by atoms with E-state index in [1.807, 2.05) is 33.5 Å². The van der Waals surface area contributed by atoms with Crippen LogP contribution in [0.1, 0.15) is 53.4 Å². The van der Waals surface area contributed by atoms with Gasteiger partial charge >= 0.3 is 20.7 Å². The number of hydrogen-bond acceptors (Lipinski definition) is 9. The van der Waals surface area contributed by atoms with Gasteiger partial charge in [-0.2, -0.15) is 32.7 Å². The van der Waals surface area contributed by atoms with Crippen LogP contribution < -0.4 is 0 Å². The van der Waals surface area contributed by atoms with Gasteiger partial charge in [-0.05, 0) is 97.2 Å². The normalized spacial score (nSPS) is 11.9. The van der Waals surface area contributed by atoms with Crippen molar-refractivity contribution in [3.05, 3.63) is 24.3 Å². The first-order valence-electron chi connectivity index (χ1n) is 18.8. The van der Waals surface area contributed by atoms with Gasteiger partial charge in [0.15, 0.2) is 33.1 Å². The highest BCUT2D eigenvalue weighted by Gasteiger charge is 2.48. The summed E-state index contributed by atoms with van der Waals surface area (Å²) in [6.07, 6.45) is 2.45. The van der Waals surface area contributed by atoms with Crippen LogP contribution in [-0.4, -0.2) is 86.6 Å². The molecular weight excluding hydrogens is 915 g/mol. The van der Waals surface area contributed by atoms with Crippen molar-refractivity contribution in [1.82, 2.24) is 0 Å². The quantitative estimate of drug-likeness (QED) is 0.0380. The lowest BCUT2D eigenvalue weighted by atomic mass is 10.4. The molecule has 332 valence electrons. The van der Waals surface area contributed by atoms with E-state index in [1.54, 1.807) is 13.8 Å². The molecule has 21 heteroatoms. The molecule has 0 bridgehead atoms. The van der Waals surface area contributed by atoms with Crippen LogP contribution in [0.2, 0.25) is 109 Å². The molecule has 56 heavy (non-hydrogen) atoms. The Morgan fingerprint density at radius 2 is 1.00 bits per heavy atom. The fourth-order valence-corrected chi connectivity index (χ4v) is 20.5. The number of carbonyl (C=O) groups is 2. The molecule has 0 heterocycles. The molecule has 0 rings (SSSR count). The van der Waals surface area contributed by atoms with Crippen molar-refractivity contribution in [3.8, 4) is 12.1 Å². The Morgan fingerprint density at radius 3 is 1.25 bits per heavy atom. The van der Waals surface area contributed by atoms with E-state index in [1.165, 1.54) is 0 Å². The molecule has 2 N–H and O–H groups in total. The zero-order valence-corrected chi connectivity index (χ0v) is 48.0.